The molecule has 0 aromatic heterocycles. The molecule has 5 heteroatoms. The van der Waals surface area contributed by atoms with Crippen molar-refractivity contribution in [2.45, 2.75) is 57.4 Å². The largest absolute Gasteiger partial charge is 0.456 e. The molecule has 0 unspecified atom stereocenters. The lowest BCUT2D eigenvalue weighted by Crippen LogP contribution is -2.50. The number of likely N-dealkylation sites (N-methyl/N-ethyl adjacent to an activating group) is 1. The van der Waals surface area contributed by atoms with Gasteiger partial charge in [0.1, 0.15) is 6.26 Å². The van der Waals surface area contributed by atoms with Crippen LogP contribution in [0.25, 0.3) is 0 Å². The van der Waals surface area contributed by atoms with Crippen LogP contribution >= 0.6 is 0 Å². The summed E-state index contributed by atoms with van der Waals surface area (Å²) in [6.07, 6.45) is 20.5. The molecular weight excluding hydrogens is 362 g/mol. The van der Waals surface area contributed by atoms with Gasteiger partial charge in [0.2, 0.25) is 5.88 Å². The Morgan fingerprint density at radius 2 is 1.90 bits per heavy atom. The summed E-state index contributed by atoms with van der Waals surface area (Å²) in [5.41, 5.74) is 1.21. The van der Waals surface area contributed by atoms with Gasteiger partial charge in [-0.3, -0.25) is 4.90 Å². The molecular formula is C24H37N3O2. The Labute approximate surface area is 176 Å². The van der Waals surface area contributed by atoms with Crippen LogP contribution in [0.3, 0.4) is 0 Å². The first kappa shape index (κ1) is 20.5. The smallest absolute Gasteiger partial charge is 0.231 e. The maximum Gasteiger partial charge on any atom is 0.231 e. The molecule has 4 aliphatic rings. The molecule has 2 aliphatic heterocycles. The topological polar surface area (TPSA) is 37.0 Å². The van der Waals surface area contributed by atoms with Crippen LogP contribution in [0, 0.1) is 5.92 Å². The lowest BCUT2D eigenvalue weighted by atomic mass is 9.84. The molecule has 0 aromatic rings. The first-order chi connectivity index (χ1) is 14.3. The quantitative estimate of drug-likeness (QED) is 0.697. The first-order valence-corrected chi connectivity index (χ1v) is 11.6. The van der Waals surface area contributed by atoms with Gasteiger partial charge in [-0.25, -0.2) is 0 Å². The Kier molecular flexibility index (Phi) is 7.33. The normalized spacial score (nSPS) is 24.9. The van der Waals surface area contributed by atoms with E-state index in [9.17, 15) is 0 Å². The van der Waals surface area contributed by atoms with E-state index < -0.39 is 0 Å². The zero-order chi connectivity index (χ0) is 19.9. The highest BCUT2D eigenvalue weighted by Gasteiger charge is 2.25. The van der Waals surface area contributed by atoms with Gasteiger partial charge in [0.05, 0.1) is 0 Å². The van der Waals surface area contributed by atoms with Crippen molar-refractivity contribution in [1.29, 1.82) is 0 Å². The van der Waals surface area contributed by atoms with Gasteiger partial charge >= 0.3 is 0 Å². The van der Waals surface area contributed by atoms with Crippen LogP contribution in [-0.2, 0) is 9.47 Å². The molecule has 4 rings (SSSR count). The first-order valence-electron chi connectivity index (χ1n) is 11.6. The number of hydrogen-bond acceptors (Lipinski definition) is 5. The van der Waals surface area contributed by atoms with Crippen LogP contribution in [0.15, 0.2) is 48.0 Å². The van der Waals surface area contributed by atoms with E-state index in [0.29, 0.717) is 6.04 Å². The average Bonchev–Trinajstić information content (AvgIpc) is 2.80. The Morgan fingerprint density at radius 1 is 1.07 bits per heavy atom. The summed E-state index contributed by atoms with van der Waals surface area (Å²) in [5.74, 6) is 2.61. The number of piperazine rings is 1. The van der Waals surface area contributed by atoms with Crippen molar-refractivity contribution in [1.82, 2.24) is 15.1 Å². The van der Waals surface area contributed by atoms with Crippen molar-refractivity contribution >= 4 is 0 Å². The molecule has 2 heterocycles. The third-order valence-electron chi connectivity index (χ3n) is 6.82. The summed E-state index contributed by atoms with van der Waals surface area (Å²) < 4.78 is 11.8. The summed E-state index contributed by atoms with van der Waals surface area (Å²) in [7, 11) is 2.13. The van der Waals surface area contributed by atoms with Crippen LogP contribution in [-0.4, -0.2) is 55.6 Å². The van der Waals surface area contributed by atoms with Gasteiger partial charge in [-0.15, -0.1) is 0 Å². The van der Waals surface area contributed by atoms with E-state index in [0.717, 1.165) is 63.1 Å². The van der Waals surface area contributed by atoms with Crippen molar-refractivity contribution in [3.8, 4) is 0 Å². The molecule has 1 saturated heterocycles. The molecule has 2 aliphatic carbocycles. The number of ether oxygens (including phenoxy) is 2. The third kappa shape index (κ3) is 5.67. The van der Waals surface area contributed by atoms with E-state index in [-0.39, 0.29) is 0 Å². The molecule has 1 saturated carbocycles. The number of nitrogens with zero attached hydrogens (tertiary/aromatic N) is 2. The highest BCUT2D eigenvalue weighted by atomic mass is 16.6. The van der Waals surface area contributed by atoms with Crippen LogP contribution in [0.1, 0.15) is 51.4 Å². The third-order valence-corrected chi connectivity index (χ3v) is 6.82. The SMILES string of the molecule is CN[C@H](CC1CCCCC1)CN1CCN(C2=COC(C3=CC=CCC3)=CO2)CC1. The molecule has 2 fully saturated rings. The Hall–Kier alpha value is -1.72. The number of nitrogens with one attached hydrogen (secondary N) is 1. The van der Waals surface area contributed by atoms with Crippen LogP contribution < -0.4 is 5.32 Å². The number of allylic oxidation sites excluding steroid dienone is 4. The minimum absolute atomic E-state index is 0.612. The van der Waals surface area contributed by atoms with E-state index in [2.05, 4.69) is 40.4 Å². The van der Waals surface area contributed by atoms with Gasteiger partial charge < -0.3 is 19.7 Å². The lowest BCUT2D eigenvalue weighted by molar-refractivity contribution is 0.0789. The molecule has 5 nitrogen and oxygen atoms in total. The van der Waals surface area contributed by atoms with Crippen molar-refractivity contribution in [2.24, 2.45) is 5.92 Å². The molecule has 160 valence electrons. The van der Waals surface area contributed by atoms with Gasteiger partial charge in [0.15, 0.2) is 12.0 Å². The van der Waals surface area contributed by atoms with E-state index in [1.807, 2.05) is 0 Å². The second kappa shape index (κ2) is 10.4. The molecule has 0 bridgehead atoms. The summed E-state index contributed by atoms with van der Waals surface area (Å²) in [5, 5.41) is 3.58. The summed E-state index contributed by atoms with van der Waals surface area (Å²) in [6, 6.07) is 0.612. The van der Waals surface area contributed by atoms with Crippen molar-refractivity contribution < 1.29 is 9.47 Å². The fraction of sp³-hybridized carbons (Fsp3) is 0.667. The summed E-state index contributed by atoms with van der Waals surface area (Å²) >= 11 is 0. The van der Waals surface area contributed by atoms with Gasteiger partial charge in [-0.2, -0.15) is 0 Å². The van der Waals surface area contributed by atoms with E-state index in [1.165, 1.54) is 44.1 Å². The molecule has 29 heavy (non-hydrogen) atoms. The second-order valence-electron chi connectivity index (χ2n) is 8.85. The molecule has 0 aromatic carbocycles. The maximum absolute atomic E-state index is 5.93. The molecule has 0 amide bonds. The zero-order valence-corrected chi connectivity index (χ0v) is 17.9. The predicted octanol–water partition coefficient (Wildman–Crippen LogP) is 4.13. The summed E-state index contributed by atoms with van der Waals surface area (Å²) in [4.78, 5) is 4.90. The zero-order valence-electron chi connectivity index (χ0n) is 17.9. The lowest BCUT2D eigenvalue weighted by Gasteiger charge is -2.38. The Morgan fingerprint density at radius 3 is 2.55 bits per heavy atom. The van der Waals surface area contributed by atoms with Gasteiger partial charge in [-0.05, 0) is 37.8 Å². The van der Waals surface area contributed by atoms with Crippen molar-refractivity contribution in [3.05, 3.63) is 48.0 Å². The number of rotatable bonds is 7. The maximum atomic E-state index is 5.93. The Bertz CT molecular complexity index is 653. The van der Waals surface area contributed by atoms with Gasteiger partial charge in [-0.1, -0.05) is 50.3 Å². The molecule has 0 spiro atoms. The predicted molar refractivity (Wildman–Crippen MR) is 117 cm³/mol. The van der Waals surface area contributed by atoms with Crippen molar-refractivity contribution in [2.75, 3.05) is 39.8 Å². The van der Waals surface area contributed by atoms with Gasteiger partial charge in [0, 0.05) is 38.8 Å². The highest BCUT2D eigenvalue weighted by Crippen LogP contribution is 2.28. The van der Waals surface area contributed by atoms with E-state index in [1.54, 1.807) is 12.5 Å². The van der Waals surface area contributed by atoms with Crippen LogP contribution in [0.2, 0.25) is 0 Å². The minimum Gasteiger partial charge on any atom is -0.456 e. The van der Waals surface area contributed by atoms with Gasteiger partial charge in [0.25, 0.3) is 0 Å². The molecule has 0 radical (unpaired) electrons. The fourth-order valence-corrected chi connectivity index (χ4v) is 4.96. The molecule has 1 atom stereocenters. The molecule has 1 N–H and O–H groups in total. The van der Waals surface area contributed by atoms with E-state index in [4.69, 9.17) is 9.47 Å². The van der Waals surface area contributed by atoms with Crippen LogP contribution in [0.5, 0.6) is 0 Å². The van der Waals surface area contributed by atoms with E-state index >= 15 is 0 Å². The average molecular weight is 400 g/mol. The Balaban J connectivity index is 1.21. The highest BCUT2D eigenvalue weighted by molar-refractivity contribution is 5.32. The monoisotopic (exact) mass is 399 g/mol. The standard InChI is InChI=1S/C24H37N3O2/c1-25-22(16-20-8-4-2-5-9-20)17-26-12-14-27(15-13-26)24-19-28-23(18-29-24)21-10-6-3-7-11-21/h3,6,10,18-20,22,25H,2,4-5,7-9,11-17H2,1H3/t22-/m1/s1. The summed E-state index contributed by atoms with van der Waals surface area (Å²) in [6.45, 7) is 5.29. The second-order valence-corrected chi connectivity index (χ2v) is 8.85. The van der Waals surface area contributed by atoms with Crippen LogP contribution in [0.4, 0.5) is 0 Å². The number of hydrogen-bond donors (Lipinski definition) is 1. The fourth-order valence-electron chi connectivity index (χ4n) is 4.96. The van der Waals surface area contributed by atoms with Crippen molar-refractivity contribution in [3.63, 3.8) is 0 Å². The minimum atomic E-state index is 0.612.